The Bertz CT molecular complexity index is 935. The second kappa shape index (κ2) is 9.72. The van der Waals surface area contributed by atoms with Gasteiger partial charge in [-0.15, -0.1) is 11.8 Å². The van der Waals surface area contributed by atoms with Crippen LogP contribution in [0.5, 0.6) is 11.5 Å². The number of hydrogen-bond acceptors (Lipinski definition) is 5. The molecule has 1 aliphatic rings. The summed E-state index contributed by atoms with van der Waals surface area (Å²) in [4.78, 5) is 10.7. The maximum Gasteiger partial charge on any atom is 0.164 e. The van der Waals surface area contributed by atoms with Crippen molar-refractivity contribution in [1.82, 2.24) is 0 Å². The van der Waals surface area contributed by atoms with Crippen molar-refractivity contribution in [2.45, 2.75) is 17.6 Å². The molecule has 4 rings (SSSR count). The van der Waals surface area contributed by atoms with Crippen LogP contribution in [0.15, 0.2) is 78.9 Å². The number of carboxylic acid groups (broad SMARTS) is 1. The first-order chi connectivity index (χ1) is 14.7. The summed E-state index contributed by atoms with van der Waals surface area (Å²) < 4.78 is 11.2. The quantitative estimate of drug-likeness (QED) is 0.520. The van der Waals surface area contributed by atoms with Crippen LogP contribution in [0.2, 0.25) is 0 Å². The van der Waals surface area contributed by atoms with Crippen LogP contribution in [-0.2, 0) is 4.79 Å². The van der Waals surface area contributed by atoms with Gasteiger partial charge in [-0.3, -0.25) is 0 Å². The Hall–Kier alpha value is -2.92. The molecule has 0 spiro atoms. The summed E-state index contributed by atoms with van der Waals surface area (Å²) in [5, 5.41) is 11.0. The van der Waals surface area contributed by atoms with E-state index < -0.39 is 12.6 Å². The molecule has 1 unspecified atom stereocenters. The standard InChI is InChI=1S/C25H24O4S/c26-23(27)17-28-22-13-7-12-21-20(16-29-24(21)22)14-15-30-25(18-8-3-1-4-9-18)19-10-5-2-6-11-19/h1-13,20,25H,14-17H2,(H,26,27)/p-1. The average molecular weight is 420 g/mol. The van der Waals surface area contributed by atoms with E-state index in [9.17, 15) is 9.90 Å². The Morgan fingerprint density at radius 1 is 1.00 bits per heavy atom. The molecular weight excluding hydrogens is 396 g/mol. The SMILES string of the molecule is O=C([O-])COc1cccc2c1OCC2CCSC(c1ccccc1)c1ccccc1. The molecule has 0 saturated carbocycles. The molecule has 3 aromatic rings. The Morgan fingerprint density at radius 2 is 1.67 bits per heavy atom. The first-order valence-electron chi connectivity index (χ1n) is 10.0. The number of ether oxygens (including phenoxy) is 2. The topological polar surface area (TPSA) is 58.6 Å². The number of hydrogen-bond donors (Lipinski definition) is 0. The Labute approximate surface area is 180 Å². The molecule has 0 N–H and O–H groups in total. The van der Waals surface area contributed by atoms with Gasteiger partial charge in [-0.2, -0.15) is 0 Å². The summed E-state index contributed by atoms with van der Waals surface area (Å²) in [6, 6.07) is 26.8. The van der Waals surface area contributed by atoms with Crippen molar-refractivity contribution in [3.8, 4) is 11.5 Å². The number of aliphatic carboxylic acids is 1. The second-order valence-corrected chi connectivity index (χ2v) is 8.42. The van der Waals surface area contributed by atoms with Crippen molar-refractivity contribution in [2.75, 3.05) is 19.0 Å². The molecule has 0 aliphatic carbocycles. The van der Waals surface area contributed by atoms with Crippen LogP contribution in [0.3, 0.4) is 0 Å². The number of thioether (sulfide) groups is 1. The van der Waals surface area contributed by atoms with Gasteiger partial charge in [0.1, 0.15) is 6.61 Å². The van der Waals surface area contributed by atoms with Gasteiger partial charge in [0.2, 0.25) is 0 Å². The summed E-state index contributed by atoms with van der Waals surface area (Å²) in [7, 11) is 0. The third-order valence-corrected chi connectivity index (χ3v) is 6.53. The molecule has 0 aromatic heterocycles. The highest BCUT2D eigenvalue weighted by molar-refractivity contribution is 7.99. The lowest BCUT2D eigenvalue weighted by molar-refractivity contribution is -0.307. The van der Waals surface area contributed by atoms with Gasteiger partial charge in [0.15, 0.2) is 11.5 Å². The van der Waals surface area contributed by atoms with Gasteiger partial charge in [-0.1, -0.05) is 72.8 Å². The Kier molecular flexibility index (Phi) is 6.60. The molecule has 0 fully saturated rings. The van der Waals surface area contributed by atoms with E-state index in [-0.39, 0.29) is 11.2 Å². The highest BCUT2D eigenvalue weighted by Gasteiger charge is 2.27. The van der Waals surface area contributed by atoms with Crippen molar-refractivity contribution in [3.05, 3.63) is 95.6 Å². The molecule has 5 heteroatoms. The van der Waals surface area contributed by atoms with E-state index in [1.165, 1.54) is 11.1 Å². The first kappa shape index (κ1) is 20.4. The largest absolute Gasteiger partial charge is 0.546 e. The summed E-state index contributed by atoms with van der Waals surface area (Å²) >= 11 is 1.93. The van der Waals surface area contributed by atoms with Crippen LogP contribution >= 0.6 is 11.8 Å². The number of para-hydroxylation sites is 1. The number of fused-ring (bicyclic) bond motifs is 1. The number of benzene rings is 3. The predicted molar refractivity (Wildman–Crippen MR) is 117 cm³/mol. The smallest absolute Gasteiger partial charge is 0.164 e. The number of carbonyl (C=O) groups is 1. The molecule has 4 nitrogen and oxygen atoms in total. The third kappa shape index (κ3) is 4.79. The monoisotopic (exact) mass is 419 g/mol. The molecule has 0 amide bonds. The van der Waals surface area contributed by atoms with Gasteiger partial charge in [0.25, 0.3) is 0 Å². The average Bonchev–Trinajstić information content (AvgIpc) is 3.20. The van der Waals surface area contributed by atoms with E-state index in [2.05, 4.69) is 48.5 Å². The summed E-state index contributed by atoms with van der Waals surface area (Å²) in [6.07, 6.45) is 0.970. The van der Waals surface area contributed by atoms with E-state index in [0.29, 0.717) is 18.1 Å². The lowest BCUT2D eigenvalue weighted by atomic mass is 9.98. The minimum atomic E-state index is -1.24. The predicted octanol–water partition coefficient (Wildman–Crippen LogP) is 4.20. The van der Waals surface area contributed by atoms with E-state index in [0.717, 1.165) is 17.7 Å². The number of carboxylic acids is 1. The summed E-state index contributed by atoms with van der Waals surface area (Å²) in [5.41, 5.74) is 3.69. The van der Waals surface area contributed by atoms with Gasteiger partial charge in [0.05, 0.1) is 17.8 Å². The van der Waals surface area contributed by atoms with Crippen LogP contribution < -0.4 is 14.6 Å². The van der Waals surface area contributed by atoms with E-state index >= 15 is 0 Å². The van der Waals surface area contributed by atoms with Crippen molar-refractivity contribution in [1.29, 1.82) is 0 Å². The minimum absolute atomic E-state index is 0.270. The van der Waals surface area contributed by atoms with Crippen molar-refractivity contribution >= 4 is 17.7 Å². The fourth-order valence-corrected chi connectivity index (χ4v) is 5.10. The zero-order valence-corrected chi connectivity index (χ0v) is 17.3. The highest BCUT2D eigenvalue weighted by Crippen LogP contribution is 2.44. The summed E-state index contributed by atoms with van der Waals surface area (Å²) in [5.74, 6) is 1.14. The van der Waals surface area contributed by atoms with Crippen molar-refractivity contribution in [3.63, 3.8) is 0 Å². The number of rotatable bonds is 9. The first-order valence-corrected chi connectivity index (χ1v) is 11.1. The van der Waals surface area contributed by atoms with E-state index in [1.54, 1.807) is 6.07 Å². The van der Waals surface area contributed by atoms with E-state index in [4.69, 9.17) is 9.47 Å². The van der Waals surface area contributed by atoms with Gasteiger partial charge in [0, 0.05) is 11.5 Å². The van der Waals surface area contributed by atoms with Crippen LogP contribution in [0.25, 0.3) is 0 Å². The molecule has 30 heavy (non-hydrogen) atoms. The molecule has 1 heterocycles. The fraction of sp³-hybridized carbons (Fsp3) is 0.240. The molecule has 3 aromatic carbocycles. The lowest BCUT2D eigenvalue weighted by Crippen LogP contribution is -2.29. The van der Waals surface area contributed by atoms with Gasteiger partial charge in [-0.25, -0.2) is 0 Å². The van der Waals surface area contributed by atoms with Crippen LogP contribution in [-0.4, -0.2) is 24.9 Å². The van der Waals surface area contributed by atoms with Gasteiger partial charge in [-0.05, 0) is 29.4 Å². The molecule has 1 atom stereocenters. The highest BCUT2D eigenvalue weighted by atomic mass is 32.2. The zero-order chi connectivity index (χ0) is 20.8. The van der Waals surface area contributed by atoms with Crippen LogP contribution in [0.4, 0.5) is 0 Å². The molecule has 154 valence electrons. The van der Waals surface area contributed by atoms with Gasteiger partial charge < -0.3 is 19.4 Å². The molecular formula is C25H23O4S-. The zero-order valence-electron chi connectivity index (χ0n) is 16.5. The minimum Gasteiger partial charge on any atom is -0.546 e. The molecule has 0 bridgehead atoms. The summed E-state index contributed by atoms with van der Waals surface area (Å²) in [6.45, 7) is 0.110. The van der Waals surface area contributed by atoms with Crippen LogP contribution in [0, 0.1) is 0 Å². The third-order valence-electron chi connectivity index (χ3n) is 5.18. The Balaban J connectivity index is 1.43. The molecule has 0 radical (unpaired) electrons. The molecule has 1 aliphatic heterocycles. The van der Waals surface area contributed by atoms with Crippen molar-refractivity contribution in [2.24, 2.45) is 0 Å². The lowest BCUT2D eigenvalue weighted by Gasteiger charge is -2.19. The number of carbonyl (C=O) groups excluding carboxylic acids is 1. The van der Waals surface area contributed by atoms with E-state index in [1.807, 2.05) is 36.0 Å². The van der Waals surface area contributed by atoms with Gasteiger partial charge >= 0.3 is 0 Å². The van der Waals surface area contributed by atoms with Crippen molar-refractivity contribution < 1.29 is 19.4 Å². The second-order valence-electron chi connectivity index (χ2n) is 7.20. The maximum absolute atomic E-state index is 10.7. The fourth-order valence-electron chi connectivity index (χ4n) is 3.74. The Morgan fingerprint density at radius 3 is 2.30 bits per heavy atom. The van der Waals surface area contributed by atoms with Crippen LogP contribution in [0.1, 0.15) is 34.3 Å². The maximum atomic E-state index is 10.7. The normalized spacial score (nSPS) is 14.9. The molecule has 0 saturated heterocycles.